The summed E-state index contributed by atoms with van der Waals surface area (Å²) in [4.78, 5) is 16.2. The van der Waals surface area contributed by atoms with Crippen LogP contribution in [0.5, 0.6) is 0 Å². The Morgan fingerprint density at radius 1 is 1.31 bits per heavy atom. The van der Waals surface area contributed by atoms with Crippen LogP contribution in [0.3, 0.4) is 0 Å². The van der Waals surface area contributed by atoms with Crippen LogP contribution in [0.1, 0.15) is 19.4 Å². The molecular formula is C16H15BrN4O3S2. The molecule has 1 aromatic carbocycles. The molecular weight excluding hydrogens is 440 g/mol. The number of sulfone groups is 1. The van der Waals surface area contributed by atoms with Crippen molar-refractivity contribution in [2.45, 2.75) is 13.8 Å². The molecule has 0 saturated carbocycles. The van der Waals surface area contributed by atoms with Crippen LogP contribution in [0.25, 0.3) is 6.08 Å². The fourth-order valence-electron chi connectivity index (χ4n) is 2.34. The molecule has 26 heavy (non-hydrogen) atoms. The summed E-state index contributed by atoms with van der Waals surface area (Å²) in [5.41, 5.74) is 0.784. The molecule has 1 amide bonds. The lowest BCUT2D eigenvalue weighted by Crippen LogP contribution is -2.35. The molecule has 7 nitrogen and oxygen atoms in total. The number of aliphatic imine (C=N–C) groups is 1. The summed E-state index contributed by atoms with van der Waals surface area (Å²) >= 11 is 4.14. The Morgan fingerprint density at radius 2 is 1.96 bits per heavy atom. The molecule has 2 aliphatic rings. The highest BCUT2D eigenvalue weighted by Gasteiger charge is 2.39. The van der Waals surface area contributed by atoms with E-state index in [-0.39, 0.29) is 32.6 Å². The molecule has 2 aliphatic heterocycles. The topological polar surface area (TPSA) is 103 Å². The van der Waals surface area contributed by atoms with Crippen LogP contribution in [0.15, 0.2) is 44.4 Å². The summed E-state index contributed by atoms with van der Waals surface area (Å²) in [6, 6.07) is 7.21. The summed E-state index contributed by atoms with van der Waals surface area (Å²) in [6.45, 7) is 3.60. The first-order valence-electron chi connectivity index (χ1n) is 7.66. The normalized spacial score (nSPS) is 19.1. The maximum absolute atomic E-state index is 12.4. The summed E-state index contributed by atoms with van der Waals surface area (Å²) in [7, 11) is -3.58. The highest BCUT2D eigenvalue weighted by molar-refractivity contribution is 9.10. The van der Waals surface area contributed by atoms with Crippen molar-refractivity contribution < 1.29 is 13.2 Å². The van der Waals surface area contributed by atoms with E-state index >= 15 is 0 Å². The van der Waals surface area contributed by atoms with Gasteiger partial charge in [-0.1, -0.05) is 41.9 Å². The highest BCUT2D eigenvalue weighted by Crippen LogP contribution is 2.31. The van der Waals surface area contributed by atoms with Gasteiger partial charge in [-0.25, -0.2) is 8.42 Å². The van der Waals surface area contributed by atoms with Crippen molar-refractivity contribution in [1.82, 2.24) is 5.01 Å². The standard InChI is InChI=1S/C16H15BrN4O3S2/c1-9(2)8-26(23,24)16-20-21-13(18)12(14(22)19-15(21)25-16)7-10-3-5-11(17)6-4-10/h3-7,9,18H,8H2,1-2H3/b12-7+,18-13?. The number of carbonyl (C=O) groups is 1. The van der Waals surface area contributed by atoms with Crippen molar-refractivity contribution in [3.63, 3.8) is 0 Å². The molecule has 0 bridgehead atoms. The van der Waals surface area contributed by atoms with Crippen molar-refractivity contribution in [1.29, 1.82) is 5.41 Å². The van der Waals surface area contributed by atoms with Gasteiger partial charge in [0.15, 0.2) is 5.84 Å². The Morgan fingerprint density at radius 3 is 2.58 bits per heavy atom. The zero-order chi connectivity index (χ0) is 19.1. The number of amidine groups is 2. The van der Waals surface area contributed by atoms with Crippen molar-refractivity contribution in [3.05, 3.63) is 39.9 Å². The number of nitrogens with one attached hydrogen (secondary N) is 1. The maximum atomic E-state index is 12.4. The number of carbonyl (C=O) groups excluding carboxylic acids is 1. The van der Waals surface area contributed by atoms with E-state index in [4.69, 9.17) is 5.41 Å². The first kappa shape index (κ1) is 19.0. The molecule has 0 unspecified atom stereocenters. The fourth-order valence-corrected chi connectivity index (χ4v) is 5.39. The van der Waals surface area contributed by atoms with E-state index in [1.54, 1.807) is 26.0 Å². The zero-order valence-electron chi connectivity index (χ0n) is 13.9. The summed E-state index contributed by atoms with van der Waals surface area (Å²) in [5.74, 6) is -0.889. The first-order chi connectivity index (χ1) is 12.2. The quantitative estimate of drug-likeness (QED) is 0.706. The minimum atomic E-state index is -3.58. The van der Waals surface area contributed by atoms with Gasteiger partial charge in [0.2, 0.25) is 19.4 Å². The zero-order valence-corrected chi connectivity index (χ0v) is 17.2. The predicted octanol–water partition coefficient (Wildman–Crippen LogP) is 3.10. The van der Waals surface area contributed by atoms with Crippen LogP contribution in [0.4, 0.5) is 0 Å². The molecule has 136 valence electrons. The van der Waals surface area contributed by atoms with E-state index in [1.165, 1.54) is 6.08 Å². The van der Waals surface area contributed by atoms with E-state index in [0.717, 1.165) is 26.8 Å². The number of halogens is 1. The van der Waals surface area contributed by atoms with E-state index in [1.807, 2.05) is 12.1 Å². The number of hydrogen-bond donors (Lipinski definition) is 1. The number of rotatable bonds is 3. The Labute approximate surface area is 163 Å². The van der Waals surface area contributed by atoms with Crippen LogP contribution in [-0.2, 0) is 14.6 Å². The molecule has 3 rings (SSSR count). The Kier molecular flexibility index (Phi) is 5.18. The number of benzene rings is 1. The number of amides is 1. The lowest BCUT2D eigenvalue weighted by atomic mass is 10.1. The van der Waals surface area contributed by atoms with Gasteiger partial charge in [0.25, 0.3) is 5.91 Å². The molecule has 0 saturated heterocycles. The maximum Gasteiger partial charge on any atom is 0.283 e. The fraction of sp³-hybridized carbons (Fsp3) is 0.250. The van der Waals surface area contributed by atoms with Gasteiger partial charge in [-0.05, 0) is 41.5 Å². The molecule has 0 atom stereocenters. The molecule has 10 heteroatoms. The van der Waals surface area contributed by atoms with Crippen LogP contribution in [0, 0.1) is 11.3 Å². The second-order valence-electron chi connectivity index (χ2n) is 6.11. The van der Waals surface area contributed by atoms with Gasteiger partial charge in [-0.15, -0.1) is 5.10 Å². The predicted molar refractivity (Wildman–Crippen MR) is 108 cm³/mol. The minimum Gasteiger partial charge on any atom is -0.282 e. The van der Waals surface area contributed by atoms with Crippen molar-refractivity contribution in [3.8, 4) is 0 Å². The van der Waals surface area contributed by atoms with E-state index in [0.29, 0.717) is 0 Å². The summed E-state index contributed by atoms with van der Waals surface area (Å²) < 4.78 is 25.5. The van der Waals surface area contributed by atoms with Gasteiger partial charge >= 0.3 is 0 Å². The number of nitrogens with zero attached hydrogens (tertiary/aromatic N) is 3. The van der Waals surface area contributed by atoms with Crippen molar-refractivity contribution >= 4 is 64.9 Å². The number of fused-ring (bicyclic) bond motifs is 1. The lowest BCUT2D eigenvalue weighted by molar-refractivity contribution is -0.114. The van der Waals surface area contributed by atoms with Crippen LogP contribution >= 0.6 is 27.7 Å². The van der Waals surface area contributed by atoms with Gasteiger partial charge in [0.05, 0.1) is 11.3 Å². The van der Waals surface area contributed by atoms with Gasteiger partial charge in [-0.2, -0.15) is 10.0 Å². The minimum absolute atomic E-state index is 0.0528. The van der Waals surface area contributed by atoms with Gasteiger partial charge in [0, 0.05) is 4.47 Å². The van der Waals surface area contributed by atoms with Crippen LogP contribution in [-0.4, -0.2) is 40.5 Å². The van der Waals surface area contributed by atoms with Crippen LogP contribution in [0.2, 0.25) is 0 Å². The number of thioether (sulfide) groups is 1. The second-order valence-corrected chi connectivity index (χ2v) is 10.2. The molecule has 0 spiro atoms. The molecule has 0 aromatic heterocycles. The van der Waals surface area contributed by atoms with E-state index < -0.39 is 15.7 Å². The Balaban J connectivity index is 1.94. The first-order valence-corrected chi connectivity index (χ1v) is 10.9. The van der Waals surface area contributed by atoms with Crippen molar-refractivity contribution in [2.24, 2.45) is 16.0 Å². The Hall–Kier alpha value is -1.78. The molecule has 0 fully saturated rings. The van der Waals surface area contributed by atoms with Crippen molar-refractivity contribution in [2.75, 3.05) is 5.75 Å². The smallest absolute Gasteiger partial charge is 0.282 e. The molecule has 1 N–H and O–H groups in total. The third-order valence-electron chi connectivity index (χ3n) is 3.44. The monoisotopic (exact) mass is 454 g/mol. The van der Waals surface area contributed by atoms with Gasteiger partial charge in [0.1, 0.15) is 0 Å². The largest absolute Gasteiger partial charge is 0.283 e. The third kappa shape index (κ3) is 3.81. The third-order valence-corrected chi connectivity index (χ3v) is 7.40. The molecule has 0 aliphatic carbocycles. The summed E-state index contributed by atoms with van der Waals surface area (Å²) in [5, 5.41) is 13.5. The van der Waals surface area contributed by atoms with Gasteiger partial charge < -0.3 is 0 Å². The second kappa shape index (κ2) is 7.09. The molecule has 1 aromatic rings. The highest BCUT2D eigenvalue weighted by atomic mass is 79.9. The van der Waals surface area contributed by atoms with Gasteiger partial charge in [-0.3, -0.25) is 10.2 Å². The SMILES string of the molecule is CC(C)CS(=O)(=O)C1=NN2C(=N)/C(=C\c3ccc(Br)cc3)C(=O)N=C2S1. The number of hydrazone groups is 1. The molecule has 0 radical (unpaired) electrons. The van der Waals surface area contributed by atoms with E-state index in [9.17, 15) is 13.2 Å². The average molecular weight is 455 g/mol. The summed E-state index contributed by atoms with van der Waals surface area (Å²) in [6.07, 6.45) is 1.54. The van der Waals surface area contributed by atoms with E-state index in [2.05, 4.69) is 26.0 Å². The molecule has 2 heterocycles. The number of hydrogen-bond acceptors (Lipinski definition) is 6. The average Bonchev–Trinajstić information content (AvgIpc) is 2.97. The Bertz CT molecular complexity index is 979. The lowest BCUT2D eigenvalue weighted by Gasteiger charge is -2.20. The van der Waals surface area contributed by atoms with Crippen LogP contribution < -0.4 is 0 Å².